The first-order valence-corrected chi connectivity index (χ1v) is 13.8. The lowest BCUT2D eigenvalue weighted by atomic mass is 10.1. The summed E-state index contributed by atoms with van der Waals surface area (Å²) < 4.78 is 5.46. The third-order valence-corrected chi connectivity index (χ3v) is 8.80. The van der Waals surface area contributed by atoms with E-state index in [0.29, 0.717) is 16.6 Å². The van der Waals surface area contributed by atoms with Gasteiger partial charge in [0.05, 0.1) is 25.0 Å². The monoisotopic (exact) mass is 523 g/mol. The number of thioether (sulfide) groups is 2. The number of nitrogens with zero attached hydrogens (tertiary/aromatic N) is 3. The zero-order chi connectivity index (χ0) is 25.4. The molecule has 5 nitrogen and oxygen atoms in total. The van der Waals surface area contributed by atoms with Crippen molar-refractivity contribution in [1.82, 2.24) is 4.90 Å². The Bertz CT molecular complexity index is 1570. The zero-order valence-corrected chi connectivity index (χ0v) is 22.2. The Balaban J connectivity index is 1.43. The quantitative estimate of drug-likeness (QED) is 0.255. The van der Waals surface area contributed by atoms with Crippen molar-refractivity contribution in [3.05, 3.63) is 106 Å². The van der Waals surface area contributed by atoms with Gasteiger partial charge in [0.2, 0.25) is 0 Å². The highest BCUT2D eigenvalue weighted by Gasteiger charge is 2.39. The topological polar surface area (TPSA) is 45.1 Å². The maximum atomic E-state index is 13.9. The average molecular weight is 524 g/mol. The molecule has 7 heteroatoms. The van der Waals surface area contributed by atoms with Gasteiger partial charge in [-0.15, -0.1) is 0 Å². The van der Waals surface area contributed by atoms with Crippen LogP contribution in [0.5, 0.6) is 5.75 Å². The summed E-state index contributed by atoms with van der Waals surface area (Å²) >= 11 is 3.09. The molecular formula is C30H25N3O2S2. The fourth-order valence-electron chi connectivity index (χ4n) is 4.55. The van der Waals surface area contributed by atoms with Crippen LogP contribution in [0.25, 0.3) is 10.8 Å². The van der Waals surface area contributed by atoms with Crippen molar-refractivity contribution in [2.24, 2.45) is 4.99 Å². The number of hydrogen-bond acceptors (Lipinski definition) is 6. The van der Waals surface area contributed by atoms with E-state index in [1.165, 1.54) is 17.1 Å². The van der Waals surface area contributed by atoms with E-state index in [2.05, 4.69) is 42.2 Å². The standard InChI is InChI=1S/C30H25N3O2S2/c1-3-32-25-18-24(35-2)15-16-26(25)36-29(32)27-28(34)33(19-20-9-5-4-6-10-20)30(37-27)31-23-14-13-21-11-7-8-12-22(21)17-23/h4-18H,3,19H2,1-2H3. The van der Waals surface area contributed by atoms with Crippen molar-refractivity contribution in [2.75, 3.05) is 18.6 Å². The molecule has 2 aliphatic rings. The fourth-order valence-corrected chi connectivity index (χ4v) is 6.92. The van der Waals surface area contributed by atoms with Crippen LogP contribution in [-0.2, 0) is 11.3 Å². The first-order valence-electron chi connectivity index (χ1n) is 12.1. The number of carbonyl (C=O) groups is 1. The molecule has 0 aromatic heterocycles. The van der Waals surface area contributed by atoms with Gasteiger partial charge in [-0.2, -0.15) is 0 Å². The predicted octanol–water partition coefficient (Wildman–Crippen LogP) is 7.41. The number of amides is 1. The van der Waals surface area contributed by atoms with E-state index in [9.17, 15) is 4.79 Å². The highest BCUT2D eigenvalue weighted by atomic mass is 32.2. The number of methoxy groups -OCH3 is 1. The normalized spacial score (nSPS) is 18.2. The van der Waals surface area contributed by atoms with Crippen molar-refractivity contribution >= 4 is 56.7 Å². The van der Waals surface area contributed by atoms with E-state index < -0.39 is 0 Å². The van der Waals surface area contributed by atoms with E-state index in [1.54, 1.807) is 23.8 Å². The molecule has 1 saturated heterocycles. The lowest BCUT2D eigenvalue weighted by molar-refractivity contribution is -0.122. The minimum absolute atomic E-state index is 0.0193. The molecule has 0 atom stereocenters. The number of amidine groups is 1. The maximum absolute atomic E-state index is 13.9. The molecule has 4 aromatic carbocycles. The summed E-state index contributed by atoms with van der Waals surface area (Å²) in [6, 6.07) is 30.5. The molecule has 0 N–H and O–H groups in total. The number of hydrogen-bond donors (Lipinski definition) is 0. The number of aliphatic imine (C=N–C) groups is 1. The van der Waals surface area contributed by atoms with E-state index in [4.69, 9.17) is 9.73 Å². The van der Waals surface area contributed by atoms with Crippen LogP contribution < -0.4 is 9.64 Å². The van der Waals surface area contributed by atoms with E-state index >= 15 is 0 Å². The van der Waals surface area contributed by atoms with Crippen LogP contribution in [0.3, 0.4) is 0 Å². The number of ether oxygens (including phenoxy) is 1. The Morgan fingerprint density at radius 1 is 0.838 bits per heavy atom. The van der Waals surface area contributed by atoms with Crippen LogP contribution in [0.2, 0.25) is 0 Å². The zero-order valence-electron chi connectivity index (χ0n) is 20.5. The first kappa shape index (κ1) is 23.7. The summed E-state index contributed by atoms with van der Waals surface area (Å²) in [6.45, 7) is 3.31. The Morgan fingerprint density at radius 3 is 2.41 bits per heavy atom. The van der Waals surface area contributed by atoms with Crippen LogP contribution in [0.15, 0.2) is 111 Å². The summed E-state index contributed by atoms with van der Waals surface area (Å²) in [5, 5.41) is 3.93. The van der Waals surface area contributed by atoms with Crippen LogP contribution in [0.4, 0.5) is 11.4 Å². The van der Waals surface area contributed by atoms with Gasteiger partial charge in [0.15, 0.2) is 5.17 Å². The van der Waals surface area contributed by atoms with Crippen molar-refractivity contribution in [1.29, 1.82) is 0 Å². The molecule has 0 radical (unpaired) electrons. The molecule has 4 aromatic rings. The highest BCUT2D eigenvalue weighted by Crippen LogP contribution is 2.51. The Labute approximate surface area is 224 Å². The Morgan fingerprint density at radius 2 is 1.62 bits per heavy atom. The Hall–Kier alpha value is -3.68. The number of rotatable bonds is 5. The molecule has 1 amide bonds. The minimum Gasteiger partial charge on any atom is -0.497 e. The molecule has 37 heavy (non-hydrogen) atoms. The van der Waals surface area contributed by atoms with Gasteiger partial charge in [0.25, 0.3) is 5.91 Å². The maximum Gasteiger partial charge on any atom is 0.269 e. The SMILES string of the molecule is CCN1C(=C2SC(=Nc3ccc4ccccc4c3)N(Cc3ccccc3)C2=O)Sc2ccc(OC)cc21. The average Bonchev–Trinajstić information content (AvgIpc) is 3.45. The van der Waals surface area contributed by atoms with Crippen molar-refractivity contribution in [3.63, 3.8) is 0 Å². The highest BCUT2D eigenvalue weighted by molar-refractivity contribution is 8.19. The van der Waals surface area contributed by atoms with Crippen LogP contribution in [0, 0.1) is 0 Å². The van der Waals surface area contributed by atoms with E-state index in [-0.39, 0.29) is 5.91 Å². The molecule has 2 aliphatic heterocycles. The third kappa shape index (κ3) is 4.49. The van der Waals surface area contributed by atoms with Gasteiger partial charge >= 0.3 is 0 Å². The van der Waals surface area contributed by atoms with Gasteiger partial charge in [-0.3, -0.25) is 9.69 Å². The fraction of sp³-hybridized carbons (Fsp3) is 0.133. The molecule has 0 unspecified atom stereocenters. The molecular weight excluding hydrogens is 498 g/mol. The Kier molecular flexibility index (Phi) is 6.40. The van der Waals surface area contributed by atoms with Crippen molar-refractivity contribution in [3.8, 4) is 5.75 Å². The number of benzene rings is 4. The van der Waals surface area contributed by atoms with Crippen LogP contribution >= 0.6 is 23.5 Å². The molecule has 184 valence electrons. The molecule has 6 rings (SSSR count). The number of carbonyl (C=O) groups excluding carboxylic acids is 1. The molecule has 1 fully saturated rings. The molecule has 2 heterocycles. The van der Waals surface area contributed by atoms with Crippen LogP contribution in [0.1, 0.15) is 12.5 Å². The van der Waals surface area contributed by atoms with E-state index in [1.807, 2.05) is 60.7 Å². The molecule has 0 spiro atoms. The second kappa shape index (κ2) is 10.00. The summed E-state index contributed by atoms with van der Waals surface area (Å²) in [7, 11) is 1.67. The number of fused-ring (bicyclic) bond motifs is 2. The van der Waals surface area contributed by atoms with Crippen LogP contribution in [-0.4, -0.2) is 29.6 Å². The van der Waals surface area contributed by atoms with Gasteiger partial charge in [-0.1, -0.05) is 72.4 Å². The first-order chi connectivity index (χ1) is 18.1. The summed E-state index contributed by atoms with van der Waals surface area (Å²) in [6.07, 6.45) is 0. The number of anilines is 1. The van der Waals surface area contributed by atoms with Gasteiger partial charge in [0.1, 0.15) is 15.7 Å². The van der Waals surface area contributed by atoms with Gasteiger partial charge < -0.3 is 9.64 Å². The lowest BCUT2D eigenvalue weighted by Gasteiger charge is -2.19. The molecule has 0 aliphatic carbocycles. The molecule has 0 saturated carbocycles. The van der Waals surface area contributed by atoms with Crippen molar-refractivity contribution in [2.45, 2.75) is 18.4 Å². The minimum atomic E-state index is -0.0193. The summed E-state index contributed by atoms with van der Waals surface area (Å²) in [5.74, 6) is 0.785. The third-order valence-electron chi connectivity index (χ3n) is 6.42. The van der Waals surface area contributed by atoms with Crippen molar-refractivity contribution < 1.29 is 9.53 Å². The lowest BCUT2D eigenvalue weighted by Crippen LogP contribution is -2.29. The van der Waals surface area contributed by atoms with Gasteiger partial charge in [-0.05, 0) is 59.3 Å². The second-order valence-corrected chi connectivity index (χ2v) is 10.7. The van der Waals surface area contributed by atoms with Gasteiger partial charge in [-0.25, -0.2) is 4.99 Å². The van der Waals surface area contributed by atoms with Gasteiger partial charge in [0, 0.05) is 17.5 Å². The van der Waals surface area contributed by atoms with E-state index in [0.717, 1.165) is 44.5 Å². The predicted molar refractivity (Wildman–Crippen MR) is 155 cm³/mol. The summed E-state index contributed by atoms with van der Waals surface area (Å²) in [4.78, 5) is 24.8. The molecule has 0 bridgehead atoms. The largest absolute Gasteiger partial charge is 0.497 e. The smallest absolute Gasteiger partial charge is 0.269 e. The second-order valence-electron chi connectivity index (χ2n) is 8.72. The summed E-state index contributed by atoms with van der Waals surface area (Å²) in [5.41, 5.74) is 2.96.